The number of halogens is 3. The molecule has 0 aromatic heterocycles. The first-order valence-corrected chi connectivity index (χ1v) is 3.34. The molecule has 0 saturated heterocycles. The highest BCUT2D eigenvalue weighted by atomic mass is 19.4. The van der Waals surface area contributed by atoms with Crippen LogP contribution in [0.25, 0.3) is 0 Å². The first kappa shape index (κ1) is 9.50. The number of alkyl halides is 3. The fourth-order valence-electron chi connectivity index (χ4n) is 1.04. The summed E-state index contributed by atoms with van der Waals surface area (Å²) in [6, 6.07) is 2.05. The van der Waals surface area contributed by atoms with E-state index in [1.165, 1.54) is 0 Å². The van der Waals surface area contributed by atoms with Crippen LogP contribution in [0.2, 0.25) is 0 Å². The van der Waals surface area contributed by atoms with Crippen molar-refractivity contribution in [3.8, 4) is 0 Å². The number of nitrogens with two attached hydrogens (primary N) is 3. The molecule has 13 heavy (non-hydrogen) atoms. The third kappa shape index (κ3) is 1.77. The third-order valence-corrected chi connectivity index (χ3v) is 1.51. The molecule has 0 aliphatic carbocycles. The average molecular weight is 191 g/mol. The Balaban J connectivity index is 3.38. The van der Waals surface area contributed by atoms with Gasteiger partial charge in [0.2, 0.25) is 0 Å². The van der Waals surface area contributed by atoms with Crippen molar-refractivity contribution in [1.82, 2.24) is 0 Å². The molecule has 1 rings (SSSR count). The number of hydrogen-bond acceptors (Lipinski definition) is 3. The number of anilines is 3. The van der Waals surface area contributed by atoms with Gasteiger partial charge in [0.25, 0.3) is 0 Å². The Bertz CT molecular complexity index is 309. The summed E-state index contributed by atoms with van der Waals surface area (Å²) in [6.07, 6.45) is -4.54. The molecule has 72 valence electrons. The second kappa shape index (κ2) is 2.72. The van der Waals surface area contributed by atoms with Crippen LogP contribution in [0.5, 0.6) is 0 Å². The van der Waals surface area contributed by atoms with E-state index in [0.29, 0.717) is 0 Å². The maximum Gasteiger partial charge on any atom is 0.420 e. The zero-order valence-corrected chi connectivity index (χ0v) is 6.52. The lowest BCUT2D eigenvalue weighted by atomic mass is 10.1. The van der Waals surface area contributed by atoms with Crippen LogP contribution in [0.4, 0.5) is 30.2 Å². The van der Waals surface area contributed by atoms with Crippen LogP contribution in [0.1, 0.15) is 5.56 Å². The molecule has 0 fully saturated rings. The van der Waals surface area contributed by atoms with E-state index >= 15 is 0 Å². The Labute approximate surface area is 72.3 Å². The van der Waals surface area contributed by atoms with Crippen LogP contribution in [0.3, 0.4) is 0 Å². The average Bonchev–Trinajstić information content (AvgIpc) is 1.78. The van der Waals surface area contributed by atoms with Crippen molar-refractivity contribution >= 4 is 17.1 Å². The molecule has 0 bridgehead atoms. The Kier molecular flexibility index (Phi) is 1.99. The molecule has 0 aliphatic rings. The fraction of sp³-hybridized carbons (Fsp3) is 0.143. The first-order valence-electron chi connectivity index (χ1n) is 3.34. The lowest BCUT2D eigenvalue weighted by molar-refractivity contribution is -0.136. The zero-order chi connectivity index (χ0) is 10.2. The molecule has 0 radical (unpaired) electrons. The molecule has 0 spiro atoms. The summed E-state index contributed by atoms with van der Waals surface area (Å²) < 4.78 is 36.7. The van der Waals surface area contributed by atoms with E-state index in [4.69, 9.17) is 17.2 Å². The summed E-state index contributed by atoms with van der Waals surface area (Å²) in [6.45, 7) is 0. The van der Waals surface area contributed by atoms with Crippen LogP contribution in [0.15, 0.2) is 12.1 Å². The van der Waals surface area contributed by atoms with Crippen LogP contribution in [0, 0.1) is 0 Å². The van der Waals surface area contributed by atoms with Gasteiger partial charge >= 0.3 is 6.18 Å². The molecule has 0 heterocycles. The molecule has 0 aliphatic heterocycles. The van der Waals surface area contributed by atoms with Crippen molar-refractivity contribution in [2.45, 2.75) is 6.18 Å². The van der Waals surface area contributed by atoms with Crippen molar-refractivity contribution in [2.24, 2.45) is 0 Å². The van der Waals surface area contributed by atoms with E-state index < -0.39 is 23.1 Å². The Hall–Kier alpha value is -1.59. The lowest BCUT2D eigenvalue weighted by Gasteiger charge is -2.12. The number of hydrogen-bond donors (Lipinski definition) is 3. The van der Waals surface area contributed by atoms with E-state index in [1.807, 2.05) is 0 Å². The molecule has 1 aromatic carbocycles. The summed E-state index contributed by atoms with van der Waals surface area (Å²) in [7, 11) is 0. The number of rotatable bonds is 0. The van der Waals surface area contributed by atoms with Gasteiger partial charge in [-0.1, -0.05) is 0 Å². The quantitative estimate of drug-likeness (QED) is 0.543. The summed E-state index contributed by atoms with van der Waals surface area (Å²) in [5.41, 5.74) is 13.7. The molecule has 0 amide bonds. The van der Waals surface area contributed by atoms with Gasteiger partial charge in [0, 0.05) is 17.1 Å². The monoisotopic (exact) mass is 191 g/mol. The normalized spacial score (nSPS) is 11.6. The Morgan fingerprint density at radius 3 is 1.62 bits per heavy atom. The van der Waals surface area contributed by atoms with Crippen molar-refractivity contribution in [3.05, 3.63) is 17.7 Å². The fourth-order valence-corrected chi connectivity index (χ4v) is 1.04. The van der Waals surface area contributed by atoms with Crippen molar-refractivity contribution in [3.63, 3.8) is 0 Å². The van der Waals surface area contributed by atoms with Gasteiger partial charge < -0.3 is 17.2 Å². The highest BCUT2D eigenvalue weighted by Crippen LogP contribution is 2.38. The minimum Gasteiger partial charge on any atom is -0.399 e. The minimum atomic E-state index is -4.54. The van der Waals surface area contributed by atoms with Gasteiger partial charge in [-0.15, -0.1) is 0 Å². The summed E-state index contributed by atoms with van der Waals surface area (Å²) in [5, 5.41) is 0. The van der Waals surface area contributed by atoms with Crippen LogP contribution in [-0.2, 0) is 6.18 Å². The van der Waals surface area contributed by atoms with Gasteiger partial charge in [-0.3, -0.25) is 0 Å². The van der Waals surface area contributed by atoms with E-state index in [-0.39, 0.29) is 5.69 Å². The Morgan fingerprint density at radius 2 is 1.31 bits per heavy atom. The highest BCUT2D eigenvalue weighted by molar-refractivity contribution is 5.69. The summed E-state index contributed by atoms with van der Waals surface area (Å²) >= 11 is 0. The molecule has 6 heteroatoms. The zero-order valence-electron chi connectivity index (χ0n) is 6.52. The molecular formula is C7H8F3N3. The molecule has 0 atom stereocenters. The second-order valence-electron chi connectivity index (χ2n) is 2.57. The third-order valence-electron chi connectivity index (χ3n) is 1.51. The number of benzene rings is 1. The van der Waals surface area contributed by atoms with Gasteiger partial charge in [0.15, 0.2) is 0 Å². The van der Waals surface area contributed by atoms with Gasteiger partial charge in [-0.05, 0) is 12.1 Å². The lowest BCUT2D eigenvalue weighted by Crippen LogP contribution is -2.12. The second-order valence-corrected chi connectivity index (χ2v) is 2.57. The van der Waals surface area contributed by atoms with Gasteiger partial charge in [0.05, 0.1) is 0 Å². The standard InChI is InChI=1S/C7H8F3N3/c8-7(9,10)6-4(12)1-3(11)2-5(6)13/h1-2H,11-13H2. The van der Waals surface area contributed by atoms with E-state index in [1.54, 1.807) is 0 Å². The van der Waals surface area contributed by atoms with Gasteiger partial charge in [0.1, 0.15) is 5.56 Å². The summed E-state index contributed by atoms with van der Waals surface area (Å²) in [4.78, 5) is 0. The molecule has 3 nitrogen and oxygen atoms in total. The largest absolute Gasteiger partial charge is 0.420 e. The molecule has 0 unspecified atom stereocenters. The predicted molar refractivity (Wildman–Crippen MR) is 44.7 cm³/mol. The van der Waals surface area contributed by atoms with E-state index in [2.05, 4.69) is 0 Å². The van der Waals surface area contributed by atoms with Crippen LogP contribution < -0.4 is 17.2 Å². The minimum absolute atomic E-state index is 0.114. The highest BCUT2D eigenvalue weighted by Gasteiger charge is 2.35. The predicted octanol–water partition coefficient (Wildman–Crippen LogP) is 1.45. The van der Waals surface area contributed by atoms with Gasteiger partial charge in [-0.25, -0.2) is 0 Å². The molecular weight excluding hydrogens is 183 g/mol. The SMILES string of the molecule is Nc1cc(N)c(C(F)(F)F)c(N)c1. The Morgan fingerprint density at radius 1 is 0.923 bits per heavy atom. The maximum absolute atomic E-state index is 12.2. The number of nitrogen functional groups attached to an aromatic ring is 3. The van der Waals surface area contributed by atoms with E-state index in [9.17, 15) is 13.2 Å². The smallest absolute Gasteiger partial charge is 0.399 e. The van der Waals surface area contributed by atoms with Crippen molar-refractivity contribution < 1.29 is 13.2 Å². The maximum atomic E-state index is 12.2. The van der Waals surface area contributed by atoms with Crippen LogP contribution in [-0.4, -0.2) is 0 Å². The van der Waals surface area contributed by atoms with Gasteiger partial charge in [-0.2, -0.15) is 13.2 Å². The molecule has 6 N–H and O–H groups in total. The summed E-state index contributed by atoms with van der Waals surface area (Å²) in [5.74, 6) is 0. The van der Waals surface area contributed by atoms with Crippen molar-refractivity contribution in [2.75, 3.05) is 17.2 Å². The topological polar surface area (TPSA) is 78.1 Å². The molecule has 1 aromatic rings. The van der Waals surface area contributed by atoms with E-state index in [0.717, 1.165) is 12.1 Å². The first-order chi connectivity index (χ1) is 5.82. The van der Waals surface area contributed by atoms with Crippen LogP contribution >= 0.6 is 0 Å². The van der Waals surface area contributed by atoms with Crippen molar-refractivity contribution in [1.29, 1.82) is 0 Å². The molecule has 0 saturated carbocycles.